The summed E-state index contributed by atoms with van der Waals surface area (Å²) in [6.45, 7) is 2.72. The highest BCUT2D eigenvalue weighted by molar-refractivity contribution is 5.90. The zero-order chi connectivity index (χ0) is 22.8. The fourth-order valence-electron chi connectivity index (χ4n) is 4.04. The van der Waals surface area contributed by atoms with Gasteiger partial charge in [-0.05, 0) is 62.0 Å². The molecule has 1 amide bonds. The van der Waals surface area contributed by atoms with E-state index in [2.05, 4.69) is 10.2 Å². The van der Waals surface area contributed by atoms with Crippen molar-refractivity contribution in [3.05, 3.63) is 54.2 Å². The Morgan fingerprint density at radius 3 is 2.75 bits per heavy atom. The smallest absolute Gasteiger partial charge is 0.246 e. The number of nitrogens with zero attached hydrogens (tertiary/aromatic N) is 3. The summed E-state index contributed by atoms with van der Waals surface area (Å²) < 4.78 is 6.35. The molecular formula is C25H30N4O3. The van der Waals surface area contributed by atoms with Crippen molar-refractivity contribution < 1.29 is 14.6 Å². The quantitative estimate of drug-likeness (QED) is 0.554. The summed E-state index contributed by atoms with van der Waals surface area (Å²) >= 11 is 0. The Kier molecular flexibility index (Phi) is 6.19. The van der Waals surface area contributed by atoms with Gasteiger partial charge in [-0.3, -0.25) is 9.89 Å². The molecule has 32 heavy (non-hydrogen) atoms. The molecule has 168 valence electrons. The molecular weight excluding hydrogens is 404 g/mol. The molecule has 0 atom stereocenters. The third kappa shape index (κ3) is 4.62. The van der Waals surface area contributed by atoms with Gasteiger partial charge in [0.1, 0.15) is 17.6 Å². The van der Waals surface area contributed by atoms with Crippen LogP contribution in [0.15, 0.2) is 48.7 Å². The largest absolute Gasteiger partial charge is 0.508 e. The standard InChI is InChI=1S/C25H30N4O3/c1-16-10-19(30)7-8-21(16)17-11-23-22(15-26-27-23)24(12-17)32-20-13-18(14-20)29(4)25(31)6-5-9-28(2)3/h5-8,10-12,15,18,20,30H,9,13-14H2,1-4H3,(H,26,27)/b6-5+/t18-,20+. The van der Waals surface area contributed by atoms with Crippen LogP contribution in [0.3, 0.4) is 0 Å². The van der Waals surface area contributed by atoms with Crippen molar-refractivity contribution in [1.82, 2.24) is 20.0 Å². The predicted molar refractivity (Wildman–Crippen MR) is 126 cm³/mol. The number of carbonyl (C=O) groups excluding carboxylic acids is 1. The summed E-state index contributed by atoms with van der Waals surface area (Å²) in [5.41, 5.74) is 3.93. The molecule has 1 aromatic heterocycles. The fraction of sp³-hybridized carbons (Fsp3) is 0.360. The van der Waals surface area contributed by atoms with E-state index in [1.165, 1.54) is 0 Å². The number of likely N-dealkylation sites (N-methyl/N-ethyl adjacent to an activating group) is 2. The SMILES string of the molecule is Cc1cc(O)ccc1-c1cc(O[C@H]2C[C@@H](N(C)C(=O)/C=C/CN(C)C)C2)c2cn[nH]c2c1. The Bertz CT molecular complexity index is 1150. The van der Waals surface area contributed by atoms with Crippen molar-refractivity contribution >= 4 is 16.8 Å². The molecule has 0 spiro atoms. The number of benzene rings is 2. The maximum atomic E-state index is 12.4. The first-order valence-electron chi connectivity index (χ1n) is 10.8. The monoisotopic (exact) mass is 434 g/mol. The van der Waals surface area contributed by atoms with Crippen LogP contribution in [-0.2, 0) is 4.79 Å². The number of fused-ring (bicyclic) bond motifs is 1. The van der Waals surface area contributed by atoms with E-state index < -0.39 is 0 Å². The minimum absolute atomic E-state index is 0.0253. The minimum Gasteiger partial charge on any atom is -0.508 e. The average Bonchev–Trinajstić information content (AvgIpc) is 3.18. The summed E-state index contributed by atoms with van der Waals surface area (Å²) in [5, 5.41) is 17.9. The molecule has 1 aliphatic rings. The van der Waals surface area contributed by atoms with Crippen molar-refractivity contribution in [2.24, 2.45) is 0 Å². The van der Waals surface area contributed by atoms with E-state index in [4.69, 9.17) is 4.74 Å². The number of amides is 1. The summed E-state index contributed by atoms with van der Waals surface area (Å²) in [7, 11) is 5.80. The van der Waals surface area contributed by atoms with Crippen LogP contribution in [0.5, 0.6) is 11.5 Å². The van der Waals surface area contributed by atoms with E-state index in [1.807, 2.05) is 57.2 Å². The summed E-state index contributed by atoms with van der Waals surface area (Å²) in [6, 6.07) is 9.61. The lowest BCUT2D eigenvalue weighted by Gasteiger charge is -2.40. The molecule has 1 aliphatic carbocycles. The number of aromatic hydroxyl groups is 1. The van der Waals surface area contributed by atoms with Gasteiger partial charge in [-0.1, -0.05) is 12.1 Å². The minimum atomic E-state index is 0.0253. The Labute approximate surface area is 188 Å². The van der Waals surface area contributed by atoms with Crippen molar-refractivity contribution in [1.29, 1.82) is 0 Å². The summed E-state index contributed by atoms with van der Waals surface area (Å²) in [5.74, 6) is 1.06. The molecule has 0 bridgehead atoms. The topological polar surface area (TPSA) is 81.7 Å². The second-order valence-corrected chi connectivity index (χ2v) is 8.78. The van der Waals surface area contributed by atoms with Crippen molar-refractivity contribution in [2.75, 3.05) is 27.7 Å². The third-order valence-corrected chi connectivity index (χ3v) is 6.03. The number of aromatic nitrogens is 2. The zero-order valence-electron chi connectivity index (χ0n) is 19.0. The van der Waals surface area contributed by atoms with Crippen LogP contribution in [0, 0.1) is 6.92 Å². The van der Waals surface area contributed by atoms with Crippen molar-refractivity contribution in [2.45, 2.75) is 31.9 Å². The molecule has 0 saturated heterocycles. The Hall–Kier alpha value is -3.32. The summed E-state index contributed by atoms with van der Waals surface area (Å²) in [4.78, 5) is 16.2. The van der Waals surface area contributed by atoms with Crippen LogP contribution < -0.4 is 4.74 Å². The molecule has 0 radical (unpaired) electrons. The molecule has 1 saturated carbocycles. The number of ether oxygens (including phenoxy) is 1. The van der Waals surface area contributed by atoms with E-state index in [0.717, 1.165) is 52.7 Å². The first-order chi connectivity index (χ1) is 15.3. The van der Waals surface area contributed by atoms with Crippen LogP contribution in [0.25, 0.3) is 22.0 Å². The van der Waals surface area contributed by atoms with Gasteiger partial charge in [-0.15, -0.1) is 0 Å². The lowest BCUT2D eigenvalue weighted by atomic mass is 9.88. The van der Waals surface area contributed by atoms with Crippen LogP contribution in [0.2, 0.25) is 0 Å². The molecule has 0 aliphatic heterocycles. The van der Waals surface area contributed by atoms with E-state index >= 15 is 0 Å². The maximum absolute atomic E-state index is 12.4. The molecule has 0 unspecified atom stereocenters. The Balaban J connectivity index is 1.46. The molecule has 3 aromatic rings. The van der Waals surface area contributed by atoms with Crippen LogP contribution in [0.1, 0.15) is 18.4 Å². The van der Waals surface area contributed by atoms with Crippen LogP contribution >= 0.6 is 0 Å². The number of hydrogen-bond acceptors (Lipinski definition) is 5. The van der Waals surface area contributed by atoms with E-state index in [-0.39, 0.29) is 23.8 Å². The highest BCUT2D eigenvalue weighted by Crippen LogP contribution is 2.37. The van der Waals surface area contributed by atoms with Crippen molar-refractivity contribution in [3.63, 3.8) is 0 Å². The Morgan fingerprint density at radius 2 is 2.03 bits per heavy atom. The van der Waals surface area contributed by atoms with Crippen LogP contribution in [-0.4, -0.2) is 70.8 Å². The zero-order valence-corrected chi connectivity index (χ0v) is 19.0. The van der Waals surface area contributed by atoms with Crippen LogP contribution in [0.4, 0.5) is 0 Å². The Morgan fingerprint density at radius 1 is 1.25 bits per heavy atom. The summed E-state index contributed by atoms with van der Waals surface area (Å²) in [6.07, 6.45) is 6.96. The molecule has 1 fully saturated rings. The van der Waals surface area contributed by atoms with E-state index in [1.54, 1.807) is 29.3 Å². The van der Waals surface area contributed by atoms with Gasteiger partial charge < -0.3 is 19.6 Å². The second kappa shape index (κ2) is 9.04. The highest BCUT2D eigenvalue weighted by Gasteiger charge is 2.35. The molecule has 7 heteroatoms. The first-order valence-corrected chi connectivity index (χ1v) is 10.8. The number of hydrogen-bond donors (Lipinski definition) is 2. The average molecular weight is 435 g/mol. The first kappa shape index (κ1) is 21.9. The molecule has 2 N–H and O–H groups in total. The van der Waals surface area contributed by atoms with Gasteiger partial charge in [-0.25, -0.2) is 0 Å². The van der Waals surface area contributed by atoms with Gasteiger partial charge in [0.15, 0.2) is 0 Å². The highest BCUT2D eigenvalue weighted by atomic mass is 16.5. The van der Waals surface area contributed by atoms with E-state index in [9.17, 15) is 9.90 Å². The van der Waals surface area contributed by atoms with E-state index in [0.29, 0.717) is 0 Å². The van der Waals surface area contributed by atoms with Gasteiger partial charge >= 0.3 is 0 Å². The number of rotatable bonds is 7. The van der Waals surface area contributed by atoms with Crippen molar-refractivity contribution in [3.8, 4) is 22.6 Å². The number of H-pyrrole nitrogens is 1. The number of phenols is 1. The molecule has 2 aromatic carbocycles. The third-order valence-electron chi connectivity index (χ3n) is 6.03. The number of aryl methyl sites for hydroxylation is 1. The number of phenolic OH excluding ortho intramolecular Hbond substituents is 1. The number of aromatic amines is 1. The van der Waals surface area contributed by atoms with Gasteiger partial charge in [0.25, 0.3) is 0 Å². The molecule has 1 heterocycles. The maximum Gasteiger partial charge on any atom is 0.246 e. The molecule has 4 rings (SSSR count). The normalized spacial score (nSPS) is 18.3. The second-order valence-electron chi connectivity index (χ2n) is 8.78. The van der Waals surface area contributed by atoms with Gasteiger partial charge in [-0.2, -0.15) is 5.10 Å². The molecule has 7 nitrogen and oxygen atoms in total. The number of nitrogens with one attached hydrogen (secondary N) is 1. The van der Waals surface area contributed by atoms with Gasteiger partial charge in [0, 0.05) is 38.6 Å². The predicted octanol–water partition coefficient (Wildman–Crippen LogP) is 3.73. The number of carbonyl (C=O) groups is 1. The van der Waals surface area contributed by atoms with Gasteiger partial charge in [0.2, 0.25) is 5.91 Å². The van der Waals surface area contributed by atoms with Gasteiger partial charge in [0.05, 0.1) is 17.1 Å². The fourth-order valence-corrected chi connectivity index (χ4v) is 4.04. The lowest BCUT2D eigenvalue weighted by molar-refractivity contribution is -0.130. The lowest BCUT2D eigenvalue weighted by Crippen LogP contribution is -2.49.